The standard InChI is InChI=1S/C23H26O3.C21H20Cl2O3.C12H15ClNO4PS2.C12H17O4PS2.C11H12NO4PS2.C7H14NO3PS2/c1-16(2)13-20-21(23(20,3)4)22(24)25-15-17-9-8-12-19(14-17)26-18-10-6-5-7-11-18;1-21(2)17(12-18(22)23)19(21)20(24)25-13-14-7-6-10-16(11-14)26-15-8-4-3-5-9-15;1-3-16-19(20,17-4-2)21-8-14-10-6-5-9(13)7-11(10)18-12(14)15;1-4-16-12(13)11(10-8-6-5-7-9-10)19-17(18,14-2)15-3;1-15-17(18,16-2)19-7-12-10(13)8-5-3-4-6-9(8)11(12)14;1-3-10-12(9,11-4-2)8-7-13-5-6-14-7/h5-14,20-21H,15H2,1-4H3;3-12,17,19H,13H2,1-2H3;5-7H,3-4,8H2,1-2H3;5-9,11H,4H2,1-3H3;3-6H,7H2,1-2H3;3-6H2,1-2H3. The van der Waals surface area contributed by atoms with Crippen molar-refractivity contribution in [2.24, 2.45) is 39.3 Å². The molecule has 678 valence electrons. The summed E-state index contributed by atoms with van der Waals surface area (Å²) in [5.74, 6) is 3.71. The van der Waals surface area contributed by atoms with Crippen molar-refractivity contribution in [2.45, 2.75) is 101 Å². The Hall–Kier alpha value is -5.41. The number of benzene rings is 7. The number of carbonyl (C=O) groups excluding carboxylic acids is 5. The number of allylic oxidation sites excluding steroid dienone is 3. The van der Waals surface area contributed by atoms with Crippen molar-refractivity contribution in [3.8, 4) is 23.0 Å². The van der Waals surface area contributed by atoms with Gasteiger partial charge in [0.1, 0.15) is 50.3 Å². The highest BCUT2D eigenvalue weighted by molar-refractivity contribution is 8.68. The second kappa shape index (κ2) is 52.0. The zero-order valence-electron chi connectivity index (χ0n) is 71.7. The summed E-state index contributed by atoms with van der Waals surface area (Å²) in [6.07, 6.45) is 3.89. The molecule has 2 amide bonds. The van der Waals surface area contributed by atoms with Crippen LogP contribution < -0.4 is 15.2 Å². The van der Waals surface area contributed by atoms with Crippen LogP contribution in [0.2, 0.25) is 5.02 Å². The van der Waals surface area contributed by atoms with E-state index in [9.17, 15) is 33.3 Å². The van der Waals surface area contributed by atoms with Crippen LogP contribution in [0.5, 0.6) is 23.0 Å². The predicted molar refractivity (Wildman–Crippen MR) is 519 cm³/mol. The van der Waals surface area contributed by atoms with E-state index in [1.165, 1.54) is 61.3 Å². The number of halogens is 3. The normalized spacial score (nSPS) is 16.6. The first-order valence-corrected chi connectivity index (χ1v) is 56.4. The quantitative estimate of drug-likeness (QED) is 0.0116. The molecule has 24 nitrogen and oxygen atoms in total. The van der Waals surface area contributed by atoms with Crippen molar-refractivity contribution >= 4 is 198 Å². The van der Waals surface area contributed by atoms with E-state index in [4.69, 9.17) is 135 Å². The molecule has 0 N–H and O–H groups in total. The number of aromatic nitrogens is 1. The van der Waals surface area contributed by atoms with Crippen LogP contribution >= 0.6 is 117 Å². The maximum Gasteiger partial charge on any atom is 0.455 e. The van der Waals surface area contributed by atoms with Gasteiger partial charge in [0.2, 0.25) is 17.1 Å². The number of oxazole rings is 1. The van der Waals surface area contributed by atoms with Gasteiger partial charge in [-0.2, -0.15) is 4.76 Å². The summed E-state index contributed by atoms with van der Waals surface area (Å²) < 4.78 is 93.3. The lowest BCUT2D eigenvalue weighted by atomic mass is 10.1. The zero-order valence-corrected chi connectivity index (χ0v) is 84.1. The van der Waals surface area contributed by atoms with Crippen LogP contribution in [0.15, 0.2) is 218 Å². The third-order valence-electron chi connectivity index (χ3n) is 18.5. The molecule has 39 heteroatoms. The molecular formula is C86H104Cl3N3O21P4S8. The van der Waals surface area contributed by atoms with Crippen molar-refractivity contribution in [1.29, 1.82) is 0 Å². The van der Waals surface area contributed by atoms with Crippen molar-refractivity contribution in [1.82, 2.24) is 9.47 Å². The summed E-state index contributed by atoms with van der Waals surface area (Å²) in [6, 6.07) is 55.5. The van der Waals surface area contributed by atoms with Gasteiger partial charge in [-0.05, 0) is 225 Å². The number of imide groups is 1. The largest absolute Gasteiger partial charge is 0.465 e. The maximum atomic E-state index is 12.5. The van der Waals surface area contributed by atoms with Gasteiger partial charge >= 0.3 is 31.4 Å². The smallest absolute Gasteiger partial charge is 0.455 e. The fourth-order valence-corrected chi connectivity index (χ4v) is 27.2. The van der Waals surface area contributed by atoms with Crippen molar-refractivity contribution in [3.63, 3.8) is 0 Å². The second-order valence-electron chi connectivity index (χ2n) is 28.1. The molecule has 125 heavy (non-hydrogen) atoms. The van der Waals surface area contributed by atoms with Crippen LogP contribution in [0.3, 0.4) is 0 Å². The Kier molecular flexibility index (Phi) is 44.4. The number of hydrogen-bond acceptors (Lipinski definition) is 29. The van der Waals surface area contributed by atoms with E-state index in [1.807, 2.05) is 167 Å². The molecule has 0 bridgehead atoms. The number of para-hydroxylation sites is 2. The first-order chi connectivity index (χ1) is 59.5. The first kappa shape index (κ1) is 107. The van der Waals surface area contributed by atoms with E-state index in [0.29, 0.717) is 71.9 Å². The molecule has 0 spiro atoms. The Morgan fingerprint density at radius 1 is 0.552 bits per heavy atom. The number of hydrogen-bond donors (Lipinski definition) is 0. The minimum Gasteiger partial charge on any atom is -0.465 e. The lowest BCUT2D eigenvalue weighted by molar-refractivity contribution is -0.148. The third-order valence-corrected chi connectivity index (χ3v) is 40.1. The molecule has 12 rings (SSSR count). The van der Waals surface area contributed by atoms with E-state index in [2.05, 4.69) is 38.5 Å². The molecular weight excluding hydrogens is 1900 g/mol. The fraction of sp³-hybridized carbons (Fsp3) is 0.384. The number of esters is 3. The van der Waals surface area contributed by atoms with Crippen LogP contribution in [0, 0.1) is 34.5 Å². The topological polar surface area (TPSA) is 273 Å². The molecule has 3 fully saturated rings. The van der Waals surface area contributed by atoms with Gasteiger partial charge in [0.05, 0.1) is 73.3 Å². The fourth-order valence-electron chi connectivity index (χ4n) is 12.1. The van der Waals surface area contributed by atoms with E-state index in [-0.39, 0.29) is 87.8 Å². The SMILES string of the molecule is CC(C)=CC1C(C(=O)OCc2cccc(Oc3ccccc3)c2)C1(C)C.CC1(C)C(C=C(Cl)Cl)C1C(=O)OCc1cccc(Oc2ccccc2)c1.CCOC(=O)C(SP(=S)(OC)OC)c1ccccc1.CCOP(=O)(N=C1SCCS1)OCC.CCOP(=S)(OCC)SCn1c(=O)oc2cc(Cl)ccc21.COP(=S)(OC)SCN1C(=O)c2ccccc2C1=O. The minimum absolute atomic E-state index is 0.00717. The van der Waals surface area contributed by atoms with E-state index >= 15 is 0 Å². The average Bonchev–Trinajstić information content (AvgIpc) is 1.57. The van der Waals surface area contributed by atoms with Gasteiger partial charge in [0.25, 0.3) is 11.8 Å². The van der Waals surface area contributed by atoms with Crippen LogP contribution in [0.1, 0.15) is 119 Å². The maximum absolute atomic E-state index is 12.5. The molecule has 1 aromatic heterocycles. The predicted octanol–water partition coefficient (Wildman–Crippen LogP) is 25.1. The summed E-state index contributed by atoms with van der Waals surface area (Å²) in [5, 5.41) is -0.0170. The Balaban J connectivity index is 0.000000208. The molecule has 8 aromatic rings. The minimum atomic E-state index is -3.22. The highest BCUT2D eigenvalue weighted by Crippen LogP contribution is 2.66. The van der Waals surface area contributed by atoms with Crippen LogP contribution in [0.25, 0.3) is 11.1 Å². The van der Waals surface area contributed by atoms with Crippen LogP contribution in [0.4, 0.5) is 0 Å². The van der Waals surface area contributed by atoms with E-state index in [0.717, 1.165) is 66.1 Å². The third kappa shape index (κ3) is 33.1. The Bertz CT molecular complexity index is 5050. The molecule has 5 atom stereocenters. The van der Waals surface area contributed by atoms with E-state index in [1.54, 1.807) is 92.8 Å². The first-order valence-electron chi connectivity index (χ1n) is 39.2. The molecule has 0 radical (unpaired) electrons. The number of rotatable bonds is 36. The number of amides is 2. The van der Waals surface area contributed by atoms with Gasteiger partial charge in [0.15, 0.2) is 5.58 Å². The number of carbonyl (C=O) groups is 5. The highest BCUT2D eigenvalue weighted by atomic mass is 35.5. The van der Waals surface area contributed by atoms with Gasteiger partial charge < -0.3 is 55.2 Å². The second-order valence-corrected chi connectivity index (χ2v) is 52.9. The highest BCUT2D eigenvalue weighted by Gasteiger charge is 2.62. The number of ether oxygens (including phenoxy) is 5. The summed E-state index contributed by atoms with van der Waals surface area (Å²) in [5.41, 5.74) is -1.83. The molecule has 3 heterocycles. The molecule has 7 aromatic carbocycles. The van der Waals surface area contributed by atoms with Crippen molar-refractivity contribution < 1.29 is 92.8 Å². The summed E-state index contributed by atoms with van der Waals surface area (Å²) in [6.45, 7) is 23.9. The van der Waals surface area contributed by atoms with Crippen molar-refractivity contribution in [3.05, 3.63) is 248 Å². The van der Waals surface area contributed by atoms with E-state index < -0.39 is 35.8 Å². The Morgan fingerprint density at radius 2 is 0.992 bits per heavy atom. The summed E-state index contributed by atoms with van der Waals surface area (Å²) >= 11 is 40.1. The van der Waals surface area contributed by atoms with Crippen LogP contribution in [-0.4, -0.2) is 122 Å². The monoisotopic (exact) mass is 2000 g/mol. The van der Waals surface area contributed by atoms with Crippen LogP contribution in [-0.2, 0) is 124 Å². The number of thioether (sulfide) groups is 2. The number of fused-ring (bicyclic) bond motifs is 2. The lowest BCUT2D eigenvalue weighted by Crippen LogP contribution is -2.29. The average molecular weight is 2000 g/mol. The molecule has 2 saturated carbocycles. The summed E-state index contributed by atoms with van der Waals surface area (Å²) in [7, 11) is 2.67. The van der Waals surface area contributed by atoms with Gasteiger partial charge in [-0.25, -0.2) is 9.36 Å². The van der Waals surface area contributed by atoms with Gasteiger partial charge in [0, 0.05) is 51.0 Å². The Morgan fingerprint density at radius 3 is 1.43 bits per heavy atom. The zero-order chi connectivity index (χ0) is 91.7. The molecule has 1 saturated heterocycles. The Labute approximate surface area is 782 Å². The van der Waals surface area contributed by atoms with Gasteiger partial charge in [-0.1, -0.05) is 212 Å². The molecule has 4 aliphatic rings. The molecule has 2 aliphatic heterocycles. The lowest BCUT2D eigenvalue weighted by Gasteiger charge is -2.22. The molecule has 2 aliphatic carbocycles. The van der Waals surface area contributed by atoms with Gasteiger partial charge in [-0.3, -0.25) is 42.5 Å². The number of nitrogens with zero attached hydrogens (tertiary/aromatic N) is 3. The van der Waals surface area contributed by atoms with Crippen molar-refractivity contribution in [2.75, 3.05) is 78.9 Å². The summed E-state index contributed by atoms with van der Waals surface area (Å²) in [4.78, 5) is 74.2. The molecule has 5 unspecified atom stereocenters. The van der Waals surface area contributed by atoms with Gasteiger partial charge in [-0.15, -0.1) is 0 Å².